The van der Waals surface area contributed by atoms with Crippen molar-refractivity contribution in [1.82, 2.24) is 0 Å². The molecule has 0 unspecified atom stereocenters. The molecule has 0 atom stereocenters. The second-order valence-electron chi connectivity index (χ2n) is 3.03. The van der Waals surface area contributed by atoms with Crippen LogP contribution in [0.5, 0.6) is 0 Å². The Hall–Kier alpha value is 0.0800. The van der Waals surface area contributed by atoms with Crippen molar-refractivity contribution in [3.05, 3.63) is 24.3 Å². The van der Waals surface area contributed by atoms with Crippen molar-refractivity contribution >= 4 is 37.6 Å². The van der Waals surface area contributed by atoms with Crippen LogP contribution >= 0.6 is 15.9 Å². The van der Waals surface area contributed by atoms with Crippen molar-refractivity contribution in [3.63, 3.8) is 0 Å². The Labute approximate surface area is 130 Å². The molecule has 8 heteroatoms. The van der Waals surface area contributed by atoms with Crippen LogP contribution in [0.3, 0.4) is 0 Å². The van der Waals surface area contributed by atoms with Gasteiger partial charge in [-0.3, -0.25) is 4.79 Å². The number of nitrogens with zero attached hydrogens (tertiary/aromatic N) is 1. The van der Waals surface area contributed by atoms with Gasteiger partial charge in [-0.1, -0.05) is 15.9 Å². The number of alkyl halides is 1. The average Bonchev–Trinajstić information content (AvgIpc) is 2.26. The number of halogens is 1. The van der Waals surface area contributed by atoms with E-state index in [4.69, 9.17) is 0 Å². The monoisotopic (exact) mass is 329 g/mol. The largest absolute Gasteiger partial charge is 1.00 e. The topological polar surface area (TPSA) is 77.5 Å². The fraction of sp³-hybridized carbons (Fsp3) is 0.222. The first kappa shape index (κ1) is 17.1. The van der Waals surface area contributed by atoms with Gasteiger partial charge in [0.1, 0.15) is 10.1 Å². The van der Waals surface area contributed by atoms with E-state index in [1.165, 1.54) is 29.2 Å². The van der Waals surface area contributed by atoms with E-state index >= 15 is 0 Å². The minimum Gasteiger partial charge on any atom is -0.744 e. The van der Waals surface area contributed by atoms with E-state index in [2.05, 4.69) is 15.9 Å². The summed E-state index contributed by atoms with van der Waals surface area (Å²) in [5.41, 5.74) is 0.525. The van der Waals surface area contributed by atoms with Gasteiger partial charge >= 0.3 is 29.6 Å². The second kappa shape index (κ2) is 6.86. The summed E-state index contributed by atoms with van der Waals surface area (Å²) < 4.78 is 32.0. The zero-order valence-electron chi connectivity index (χ0n) is 9.38. The molecule has 0 aliphatic rings. The van der Waals surface area contributed by atoms with Gasteiger partial charge in [0.25, 0.3) is 0 Å². The molecule has 1 aromatic rings. The van der Waals surface area contributed by atoms with Crippen LogP contribution in [0.4, 0.5) is 5.69 Å². The number of carbonyl (C=O) groups excluding carboxylic acids is 1. The molecule has 88 valence electrons. The summed E-state index contributed by atoms with van der Waals surface area (Å²) in [6, 6.07) is 5.17. The number of hydrogen-bond acceptors (Lipinski definition) is 4. The summed E-state index contributed by atoms with van der Waals surface area (Å²) in [5.74, 6) is -0.169. The van der Waals surface area contributed by atoms with Gasteiger partial charge in [0.15, 0.2) is 0 Å². The van der Waals surface area contributed by atoms with Gasteiger partial charge in [0.05, 0.1) is 10.2 Å². The zero-order valence-corrected chi connectivity index (χ0v) is 13.8. The molecule has 0 N–H and O–H groups in total. The van der Waals surface area contributed by atoms with E-state index in [-0.39, 0.29) is 45.7 Å². The van der Waals surface area contributed by atoms with Crippen LogP contribution in [-0.2, 0) is 14.9 Å². The molecule has 5 nitrogen and oxygen atoms in total. The molecule has 1 rings (SSSR count). The SMILES string of the molecule is CN(C(=O)CBr)c1ccc(S(=O)(=O)[O-])cc1.[Na+]. The third-order valence-electron chi connectivity index (χ3n) is 2.00. The zero-order chi connectivity index (χ0) is 12.3. The molecule has 0 fully saturated rings. The van der Waals surface area contributed by atoms with E-state index in [1.54, 1.807) is 7.05 Å². The Morgan fingerprint density at radius 1 is 1.35 bits per heavy atom. The van der Waals surface area contributed by atoms with Crippen molar-refractivity contribution in [2.75, 3.05) is 17.3 Å². The Kier molecular flexibility index (Phi) is 6.90. The molecule has 0 heterocycles. The molecule has 0 saturated heterocycles. The molecule has 17 heavy (non-hydrogen) atoms. The maximum absolute atomic E-state index is 11.3. The quantitative estimate of drug-likeness (QED) is 0.363. The summed E-state index contributed by atoms with van der Waals surface area (Å²) in [5, 5.41) is 0.172. The summed E-state index contributed by atoms with van der Waals surface area (Å²) in [6.07, 6.45) is 0. The summed E-state index contributed by atoms with van der Waals surface area (Å²) in [7, 11) is -2.87. The molecule has 0 spiro atoms. The van der Waals surface area contributed by atoms with Crippen LogP contribution in [0.15, 0.2) is 29.2 Å². The fourth-order valence-electron chi connectivity index (χ4n) is 1.07. The van der Waals surface area contributed by atoms with Crippen molar-refractivity contribution in [3.8, 4) is 0 Å². The molecule has 0 aliphatic heterocycles. The normalized spacial score (nSPS) is 10.5. The van der Waals surface area contributed by atoms with Crippen LogP contribution in [0.1, 0.15) is 0 Å². The van der Waals surface area contributed by atoms with E-state index in [0.717, 1.165) is 0 Å². The number of benzene rings is 1. The van der Waals surface area contributed by atoms with Crippen LogP contribution in [0.25, 0.3) is 0 Å². The predicted octanol–water partition coefficient (Wildman–Crippen LogP) is -2.05. The maximum Gasteiger partial charge on any atom is 1.00 e. The molecule has 0 bridgehead atoms. The Balaban J connectivity index is 0.00000256. The maximum atomic E-state index is 11.3. The first-order valence-corrected chi connectivity index (χ1v) is 6.77. The van der Waals surface area contributed by atoms with Crippen LogP contribution < -0.4 is 34.5 Å². The number of carbonyl (C=O) groups is 1. The smallest absolute Gasteiger partial charge is 0.744 e. The molecule has 1 aromatic carbocycles. The molecule has 0 radical (unpaired) electrons. The van der Waals surface area contributed by atoms with Crippen molar-refractivity contribution in [1.29, 1.82) is 0 Å². The molecular formula is C9H9BrNNaO4S. The van der Waals surface area contributed by atoms with Gasteiger partial charge in [-0.15, -0.1) is 0 Å². The van der Waals surface area contributed by atoms with Gasteiger partial charge in [-0.05, 0) is 24.3 Å². The molecule has 0 aliphatic carbocycles. The minimum absolute atomic E-state index is 0. The van der Waals surface area contributed by atoms with Gasteiger partial charge in [-0.25, -0.2) is 8.42 Å². The van der Waals surface area contributed by atoms with Gasteiger partial charge in [0.2, 0.25) is 5.91 Å². The Morgan fingerprint density at radius 3 is 2.18 bits per heavy atom. The summed E-state index contributed by atoms with van der Waals surface area (Å²) in [6.45, 7) is 0. The van der Waals surface area contributed by atoms with E-state index in [9.17, 15) is 17.8 Å². The third-order valence-corrected chi connectivity index (χ3v) is 3.33. The van der Waals surface area contributed by atoms with Crippen LogP contribution in [-0.4, -0.2) is 31.3 Å². The molecular weight excluding hydrogens is 321 g/mol. The first-order valence-electron chi connectivity index (χ1n) is 4.24. The first-order chi connectivity index (χ1) is 7.36. The summed E-state index contributed by atoms with van der Waals surface area (Å²) in [4.78, 5) is 12.3. The summed E-state index contributed by atoms with van der Waals surface area (Å²) >= 11 is 3.02. The van der Waals surface area contributed by atoms with Crippen LogP contribution in [0, 0.1) is 0 Å². The minimum atomic E-state index is -4.43. The third kappa shape index (κ3) is 4.69. The fourth-order valence-corrected chi connectivity index (χ4v) is 1.92. The Morgan fingerprint density at radius 2 is 1.82 bits per heavy atom. The van der Waals surface area contributed by atoms with Gasteiger partial charge < -0.3 is 9.45 Å². The van der Waals surface area contributed by atoms with Crippen molar-refractivity contribution in [2.24, 2.45) is 0 Å². The molecule has 0 aromatic heterocycles. The number of rotatable bonds is 3. The standard InChI is InChI=1S/C9H10BrNO4S.Na/c1-11(9(12)6-10)7-2-4-8(5-3-7)16(13,14)15;/h2-5H,6H2,1H3,(H,13,14,15);/q;+1/p-1. The number of amides is 1. The average molecular weight is 330 g/mol. The van der Waals surface area contributed by atoms with E-state index in [0.29, 0.717) is 5.69 Å². The number of hydrogen-bond donors (Lipinski definition) is 0. The Bertz CT molecular complexity index is 488. The van der Waals surface area contributed by atoms with Crippen LogP contribution in [0.2, 0.25) is 0 Å². The van der Waals surface area contributed by atoms with Gasteiger partial charge in [0, 0.05) is 12.7 Å². The second-order valence-corrected chi connectivity index (χ2v) is 4.97. The molecule has 1 amide bonds. The van der Waals surface area contributed by atoms with E-state index in [1.807, 2.05) is 0 Å². The predicted molar refractivity (Wildman–Crippen MR) is 61.6 cm³/mol. The van der Waals surface area contributed by atoms with Gasteiger partial charge in [-0.2, -0.15) is 0 Å². The van der Waals surface area contributed by atoms with Crippen molar-refractivity contribution < 1.29 is 47.3 Å². The van der Waals surface area contributed by atoms with E-state index < -0.39 is 10.1 Å². The number of anilines is 1. The molecule has 0 saturated carbocycles. The van der Waals surface area contributed by atoms with Crippen molar-refractivity contribution in [2.45, 2.75) is 4.90 Å².